The topological polar surface area (TPSA) is 78.5 Å². The van der Waals surface area contributed by atoms with E-state index >= 15 is 0 Å². The van der Waals surface area contributed by atoms with Crippen molar-refractivity contribution in [1.29, 1.82) is 0 Å². The first kappa shape index (κ1) is 19.6. The van der Waals surface area contributed by atoms with Gasteiger partial charge in [-0.3, -0.25) is 4.79 Å². The first-order valence-electron chi connectivity index (χ1n) is 7.94. The zero-order valence-corrected chi connectivity index (χ0v) is 15.9. The number of amides is 1. The lowest BCUT2D eigenvalue weighted by atomic mass is 10.2. The van der Waals surface area contributed by atoms with E-state index < -0.39 is 16.1 Å². The molecule has 2 aromatic rings. The molecule has 0 fully saturated rings. The van der Waals surface area contributed by atoms with Gasteiger partial charge in [0.1, 0.15) is 4.21 Å². The van der Waals surface area contributed by atoms with E-state index in [0.29, 0.717) is 13.1 Å². The molecule has 25 heavy (non-hydrogen) atoms. The molecule has 0 spiro atoms. The minimum atomic E-state index is -3.65. The van der Waals surface area contributed by atoms with Crippen molar-refractivity contribution in [3.05, 3.63) is 53.4 Å². The Bertz CT molecular complexity index is 762. The monoisotopic (exact) mass is 381 g/mol. The highest BCUT2D eigenvalue weighted by Gasteiger charge is 2.22. The smallest absolute Gasteiger partial charge is 0.250 e. The Labute approximate surface area is 152 Å². The minimum Gasteiger partial charge on any atom is -0.353 e. The Morgan fingerprint density at radius 3 is 2.56 bits per heavy atom. The normalized spacial score (nSPS) is 12.9. The van der Waals surface area contributed by atoms with E-state index in [2.05, 4.69) is 27.1 Å². The second-order valence-corrected chi connectivity index (χ2v) is 8.68. The van der Waals surface area contributed by atoms with Gasteiger partial charge < -0.3 is 10.2 Å². The molecule has 136 valence electrons. The molecule has 0 radical (unpaired) electrons. The van der Waals surface area contributed by atoms with E-state index in [-0.39, 0.29) is 10.1 Å². The van der Waals surface area contributed by atoms with Crippen LogP contribution in [0.5, 0.6) is 0 Å². The maximum absolute atomic E-state index is 12.1. The molecule has 2 N–H and O–H groups in total. The maximum atomic E-state index is 12.1. The van der Waals surface area contributed by atoms with Gasteiger partial charge in [-0.1, -0.05) is 36.4 Å². The van der Waals surface area contributed by atoms with Gasteiger partial charge in [-0.15, -0.1) is 11.3 Å². The highest BCUT2D eigenvalue weighted by Crippen LogP contribution is 2.15. The van der Waals surface area contributed by atoms with Crippen LogP contribution >= 0.6 is 11.3 Å². The summed E-state index contributed by atoms with van der Waals surface area (Å²) in [7, 11) is -1.67. The quantitative estimate of drug-likeness (QED) is 0.692. The van der Waals surface area contributed by atoms with Crippen LogP contribution in [0.1, 0.15) is 12.5 Å². The molecule has 1 heterocycles. The molecule has 8 heteroatoms. The van der Waals surface area contributed by atoms with Gasteiger partial charge in [0.2, 0.25) is 5.91 Å². The standard InChI is InChI=1S/C17H23N3O3S2/c1-14(19-25(22,23)16-9-6-12-24-16)17(21)18-10-11-20(2)13-15-7-4-3-5-8-15/h3-9,12,14,19H,10-11,13H2,1-2H3,(H,18,21). The second kappa shape index (κ2) is 9.10. The van der Waals surface area contributed by atoms with Gasteiger partial charge in [-0.2, -0.15) is 4.72 Å². The van der Waals surface area contributed by atoms with Gasteiger partial charge in [0, 0.05) is 19.6 Å². The molecule has 1 unspecified atom stereocenters. The SMILES string of the molecule is CC(NS(=O)(=O)c1cccs1)C(=O)NCCN(C)Cc1ccccc1. The fourth-order valence-electron chi connectivity index (χ4n) is 2.26. The minimum absolute atomic E-state index is 0.203. The van der Waals surface area contributed by atoms with Gasteiger partial charge in [0.25, 0.3) is 10.0 Å². The molecule has 2 rings (SSSR count). The van der Waals surface area contributed by atoms with Crippen molar-refractivity contribution in [3.63, 3.8) is 0 Å². The molecule has 1 aromatic heterocycles. The van der Waals surface area contributed by atoms with E-state index in [1.54, 1.807) is 11.4 Å². The van der Waals surface area contributed by atoms with Crippen LogP contribution in [-0.4, -0.2) is 45.4 Å². The van der Waals surface area contributed by atoms with Crippen LogP contribution in [-0.2, 0) is 21.4 Å². The fraction of sp³-hybridized carbons (Fsp3) is 0.353. The number of likely N-dealkylation sites (N-methyl/N-ethyl adjacent to an activating group) is 1. The maximum Gasteiger partial charge on any atom is 0.250 e. The van der Waals surface area contributed by atoms with Gasteiger partial charge in [0.05, 0.1) is 6.04 Å². The predicted molar refractivity (Wildman–Crippen MR) is 99.9 cm³/mol. The van der Waals surface area contributed by atoms with Gasteiger partial charge in [0.15, 0.2) is 0 Å². The van der Waals surface area contributed by atoms with Crippen LogP contribution in [0, 0.1) is 0 Å². The largest absolute Gasteiger partial charge is 0.353 e. The van der Waals surface area contributed by atoms with Gasteiger partial charge >= 0.3 is 0 Å². The third kappa shape index (κ3) is 6.24. The van der Waals surface area contributed by atoms with Crippen molar-refractivity contribution in [3.8, 4) is 0 Å². The molecule has 0 saturated carbocycles. The Morgan fingerprint density at radius 2 is 1.92 bits per heavy atom. The summed E-state index contributed by atoms with van der Waals surface area (Å²) >= 11 is 1.12. The van der Waals surface area contributed by atoms with E-state index in [1.165, 1.54) is 18.6 Å². The molecular weight excluding hydrogens is 358 g/mol. The van der Waals surface area contributed by atoms with Crippen LogP contribution in [0.3, 0.4) is 0 Å². The molecule has 1 aromatic carbocycles. The summed E-state index contributed by atoms with van der Waals surface area (Å²) in [5, 5.41) is 4.45. The lowest BCUT2D eigenvalue weighted by Crippen LogP contribution is -2.46. The number of nitrogens with zero attached hydrogens (tertiary/aromatic N) is 1. The first-order valence-corrected chi connectivity index (χ1v) is 10.3. The van der Waals surface area contributed by atoms with Crippen LogP contribution in [0.25, 0.3) is 0 Å². The Hall–Kier alpha value is -1.74. The molecule has 6 nitrogen and oxygen atoms in total. The van der Waals surface area contributed by atoms with Crippen molar-refractivity contribution in [2.45, 2.75) is 23.7 Å². The number of sulfonamides is 1. The van der Waals surface area contributed by atoms with E-state index in [1.807, 2.05) is 25.2 Å². The van der Waals surface area contributed by atoms with Crippen molar-refractivity contribution in [1.82, 2.24) is 14.9 Å². The van der Waals surface area contributed by atoms with Crippen molar-refractivity contribution >= 4 is 27.3 Å². The summed E-state index contributed by atoms with van der Waals surface area (Å²) in [5.41, 5.74) is 1.20. The second-order valence-electron chi connectivity index (χ2n) is 5.79. The third-order valence-corrected chi connectivity index (χ3v) is 6.51. The predicted octanol–water partition coefficient (Wildman–Crippen LogP) is 1.66. The number of carbonyl (C=O) groups is 1. The molecule has 1 amide bonds. The summed E-state index contributed by atoms with van der Waals surface area (Å²) in [5.74, 6) is -0.340. The fourth-order valence-corrected chi connectivity index (χ4v) is 4.47. The zero-order chi connectivity index (χ0) is 18.3. The molecule has 0 aliphatic carbocycles. The number of rotatable bonds is 9. The number of hydrogen-bond acceptors (Lipinski definition) is 5. The van der Waals surface area contributed by atoms with Crippen molar-refractivity contribution < 1.29 is 13.2 Å². The number of benzene rings is 1. The molecule has 0 aliphatic heterocycles. The van der Waals surface area contributed by atoms with Crippen LogP contribution in [0.4, 0.5) is 0 Å². The van der Waals surface area contributed by atoms with Gasteiger partial charge in [-0.25, -0.2) is 8.42 Å². The van der Waals surface area contributed by atoms with Gasteiger partial charge in [-0.05, 0) is 31.0 Å². The van der Waals surface area contributed by atoms with Crippen molar-refractivity contribution in [2.24, 2.45) is 0 Å². The number of thiophene rings is 1. The van der Waals surface area contributed by atoms with Crippen LogP contribution < -0.4 is 10.0 Å². The summed E-state index contributed by atoms with van der Waals surface area (Å²) in [6.07, 6.45) is 0. The van der Waals surface area contributed by atoms with Crippen LogP contribution in [0.15, 0.2) is 52.1 Å². The lowest BCUT2D eigenvalue weighted by molar-refractivity contribution is -0.122. The zero-order valence-electron chi connectivity index (χ0n) is 14.3. The highest BCUT2D eigenvalue weighted by atomic mass is 32.2. The lowest BCUT2D eigenvalue weighted by Gasteiger charge is -2.18. The number of nitrogens with one attached hydrogen (secondary N) is 2. The molecule has 0 saturated heterocycles. The Balaban J connectivity index is 1.74. The summed E-state index contributed by atoms with van der Waals surface area (Å²) in [4.78, 5) is 14.2. The van der Waals surface area contributed by atoms with Crippen molar-refractivity contribution in [2.75, 3.05) is 20.1 Å². The molecule has 0 aliphatic rings. The highest BCUT2D eigenvalue weighted by molar-refractivity contribution is 7.91. The Morgan fingerprint density at radius 1 is 1.20 bits per heavy atom. The average molecular weight is 382 g/mol. The average Bonchev–Trinajstić information content (AvgIpc) is 3.10. The first-order chi connectivity index (χ1) is 11.9. The summed E-state index contributed by atoms with van der Waals surface area (Å²) in [6.45, 7) is 3.45. The third-order valence-electron chi connectivity index (χ3n) is 3.57. The van der Waals surface area contributed by atoms with Crippen LogP contribution in [0.2, 0.25) is 0 Å². The van der Waals surface area contributed by atoms with E-state index in [9.17, 15) is 13.2 Å². The number of hydrogen-bond donors (Lipinski definition) is 2. The molecule has 0 bridgehead atoms. The molecular formula is C17H23N3O3S2. The van der Waals surface area contributed by atoms with E-state index in [4.69, 9.17) is 0 Å². The molecule has 1 atom stereocenters. The van der Waals surface area contributed by atoms with E-state index in [0.717, 1.165) is 17.9 Å². The summed E-state index contributed by atoms with van der Waals surface area (Å²) in [6, 6.07) is 12.4. The summed E-state index contributed by atoms with van der Waals surface area (Å²) < 4.78 is 26.8. The number of carbonyl (C=O) groups excluding carboxylic acids is 1. The Kier molecular flexibility index (Phi) is 7.12.